The molecule has 1 aliphatic rings. The number of benzene rings is 1. The average molecular weight is 359 g/mol. The maximum atomic E-state index is 12.7. The molecular formula is C20H29N3O3. The number of nitrogens with zero attached hydrogens (tertiary/aromatic N) is 2. The van der Waals surface area contributed by atoms with Crippen LogP contribution in [0.4, 0.5) is 10.5 Å². The minimum atomic E-state index is -0.604. The second-order valence-corrected chi connectivity index (χ2v) is 6.96. The van der Waals surface area contributed by atoms with Gasteiger partial charge in [-0.15, -0.1) is 0 Å². The van der Waals surface area contributed by atoms with Crippen molar-refractivity contribution in [1.82, 2.24) is 5.32 Å². The maximum Gasteiger partial charge on any atom is 0.341 e. The molecule has 1 heterocycles. The van der Waals surface area contributed by atoms with E-state index in [1.54, 1.807) is 6.92 Å². The van der Waals surface area contributed by atoms with Crippen molar-refractivity contribution in [2.45, 2.75) is 39.7 Å². The van der Waals surface area contributed by atoms with Gasteiger partial charge in [-0.05, 0) is 30.5 Å². The maximum absolute atomic E-state index is 12.7. The van der Waals surface area contributed by atoms with E-state index >= 15 is 0 Å². The van der Waals surface area contributed by atoms with Crippen molar-refractivity contribution < 1.29 is 14.3 Å². The quantitative estimate of drug-likeness (QED) is 0.756. The summed E-state index contributed by atoms with van der Waals surface area (Å²) in [6.45, 7) is 6.29. The molecule has 6 nitrogen and oxygen atoms in total. The molecule has 2 rings (SSSR count). The number of nitrogens with one attached hydrogen (secondary N) is 1. The van der Waals surface area contributed by atoms with Crippen LogP contribution in [0.1, 0.15) is 45.2 Å². The van der Waals surface area contributed by atoms with Crippen molar-refractivity contribution in [2.75, 3.05) is 25.6 Å². The van der Waals surface area contributed by atoms with E-state index in [0.29, 0.717) is 18.2 Å². The number of carbonyl (C=O) groups is 2. The molecule has 0 fully saturated rings. The lowest BCUT2D eigenvalue weighted by Gasteiger charge is -2.30. The average Bonchev–Trinajstić information content (AvgIpc) is 2.61. The van der Waals surface area contributed by atoms with Gasteiger partial charge in [0.05, 0.1) is 12.6 Å². The molecule has 2 amide bonds. The fraction of sp³-hybridized carbons (Fsp3) is 0.550. The second kappa shape index (κ2) is 8.83. The minimum absolute atomic E-state index is 0.333. The Morgan fingerprint density at radius 3 is 2.38 bits per heavy atom. The Kier molecular flexibility index (Phi) is 6.77. The molecule has 2 atom stereocenters. The molecule has 0 bridgehead atoms. The topological polar surface area (TPSA) is 71.0 Å². The van der Waals surface area contributed by atoms with Gasteiger partial charge in [-0.3, -0.25) is 4.79 Å². The van der Waals surface area contributed by atoms with Crippen LogP contribution in [0.2, 0.25) is 0 Å². The first kappa shape index (κ1) is 19.9. The van der Waals surface area contributed by atoms with Crippen LogP contribution in [0.3, 0.4) is 0 Å². The van der Waals surface area contributed by atoms with E-state index in [9.17, 15) is 9.59 Å². The molecule has 142 valence electrons. The van der Waals surface area contributed by atoms with Crippen LogP contribution in [0.15, 0.2) is 29.3 Å². The summed E-state index contributed by atoms with van der Waals surface area (Å²) in [6, 6.07) is 6.91. The molecule has 1 N–H and O–H groups in total. The van der Waals surface area contributed by atoms with E-state index in [2.05, 4.69) is 24.2 Å². The summed E-state index contributed by atoms with van der Waals surface area (Å²) in [6.07, 6.45) is 1.93. The zero-order valence-electron chi connectivity index (χ0n) is 16.3. The third-order valence-corrected chi connectivity index (χ3v) is 4.98. The van der Waals surface area contributed by atoms with Crippen molar-refractivity contribution in [3.63, 3.8) is 0 Å². The van der Waals surface area contributed by atoms with E-state index < -0.39 is 18.0 Å². The Hall–Kier alpha value is -2.37. The van der Waals surface area contributed by atoms with Crippen LogP contribution >= 0.6 is 0 Å². The van der Waals surface area contributed by atoms with Crippen molar-refractivity contribution in [3.8, 4) is 0 Å². The Morgan fingerprint density at radius 1 is 1.23 bits per heavy atom. The normalized spacial score (nSPS) is 19.8. The number of esters is 1. The molecule has 0 saturated carbocycles. The molecule has 0 aliphatic carbocycles. The van der Waals surface area contributed by atoms with Gasteiger partial charge in [0.2, 0.25) is 0 Å². The molecule has 6 heteroatoms. The number of anilines is 1. The van der Waals surface area contributed by atoms with Gasteiger partial charge < -0.3 is 15.0 Å². The highest BCUT2D eigenvalue weighted by Crippen LogP contribution is 2.29. The molecule has 1 aliphatic heterocycles. The Bertz CT molecular complexity index is 663. The fourth-order valence-corrected chi connectivity index (χ4v) is 3.10. The van der Waals surface area contributed by atoms with E-state index in [1.165, 1.54) is 0 Å². The fourth-order valence-electron chi connectivity index (χ4n) is 3.10. The minimum Gasteiger partial charge on any atom is -0.465 e. The Labute approximate surface area is 155 Å². The SMILES string of the molecule is CCC(CC)COC(=O)C1C(C)=NC(=O)NC1c1ccc(N(C)C)cc1. The standard InChI is InChI=1S/C20H29N3O3/c1-6-14(7-2)12-26-19(24)17-13(3)21-20(25)22-18(17)15-8-10-16(11-9-15)23(4)5/h8-11,14,17-18H,6-7,12H2,1-5H3,(H,22,25). The van der Waals surface area contributed by atoms with Gasteiger partial charge in [-0.1, -0.05) is 38.8 Å². The van der Waals surface area contributed by atoms with Gasteiger partial charge in [0, 0.05) is 25.5 Å². The molecule has 0 saturated heterocycles. The van der Waals surface area contributed by atoms with Gasteiger partial charge in [-0.2, -0.15) is 0 Å². The van der Waals surface area contributed by atoms with Crippen molar-refractivity contribution >= 4 is 23.4 Å². The third-order valence-electron chi connectivity index (χ3n) is 4.98. The van der Waals surface area contributed by atoms with E-state index in [1.807, 2.05) is 43.3 Å². The first-order chi connectivity index (χ1) is 12.4. The van der Waals surface area contributed by atoms with Gasteiger partial charge in [0.15, 0.2) is 0 Å². The second-order valence-electron chi connectivity index (χ2n) is 6.96. The number of rotatable bonds is 7. The first-order valence-electron chi connectivity index (χ1n) is 9.16. The zero-order chi connectivity index (χ0) is 19.3. The van der Waals surface area contributed by atoms with Crippen LogP contribution in [-0.4, -0.2) is 38.4 Å². The number of ether oxygens (including phenoxy) is 1. The molecule has 0 aromatic heterocycles. The summed E-state index contributed by atoms with van der Waals surface area (Å²) < 4.78 is 5.57. The smallest absolute Gasteiger partial charge is 0.341 e. The Balaban J connectivity index is 2.23. The number of hydrogen-bond acceptors (Lipinski definition) is 4. The van der Waals surface area contributed by atoms with Crippen LogP contribution in [0.25, 0.3) is 0 Å². The monoisotopic (exact) mass is 359 g/mol. The van der Waals surface area contributed by atoms with Crippen LogP contribution < -0.4 is 10.2 Å². The summed E-state index contributed by atoms with van der Waals surface area (Å²) in [5.41, 5.74) is 2.40. The van der Waals surface area contributed by atoms with Crippen molar-refractivity contribution in [1.29, 1.82) is 0 Å². The highest BCUT2D eigenvalue weighted by molar-refractivity contribution is 6.08. The van der Waals surface area contributed by atoms with Crippen molar-refractivity contribution in [2.24, 2.45) is 16.8 Å². The molecule has 1 aromatic rings. The molecule has 1 aromatic carbocycles. The van der Waals surface area contributed by atoms with Gasteiger partial charge in [0.1, 0.15) is 5.92 Å². The molecule has 26 heavy (non-hydrogen) atoms. The summed E-state index contributed by atoms with van der Waals surface area (Å²) in [4.78, 5) is 30.6. The van der Waals surface area contributed by atoms with Crippen LogP contribution in [0, 0.1) is 11.8 Å². The number of carbonyl (C=O) groups excluding carboxylic acids is 2. The highest BCUT2D eigenvalue weighted by Gasteiger charge is 2.38. The highest BCUT2D eigenvalue weighted by atomic mass is 16.5. The molecule has 0 radical (unpaired) electrons. The molecule has 2 unspecified atom stereocenters. The summed E-state index contributed by atoms with van der Waals surface area (Å²) >= 11 is 0. The van der Waals surface area contributed by atoms with Crippen LogP contribution in [0.5, 0.6) is 0 Å². The lowest BCUT2D eigenvalue weighted by molar-refractivity contribution is -0.148. The number of amides is 2. The third kappa shape index (κ3) is 4.62. The molecular weight excluding hydrogens is 330 g/mol. The van der Waals surface area contributed by atoms with E-state index in [-0.39, 0.29) is 5.97 Å². The predicted octanol–water partition coefficient (Wildman–Crippen LogP) is 3.57. The van der Waals surface area contributed by atoms with Crippen LogP contribution in [-0.2, 0) is 9.53 Å². The number of urea groups is 1. The predicted molar refractivity (Wildman–Crippen MR) is 104 cm³/mol. The van der Waals surface area contributed by atoms with E-state index in [4.69, 9.17) is 4.74 Å². The van der Waals surface area contributed by atoms with Gasteiger partial charge >= 0.3 is 12.0 Å². The largest absolute Gasteiger partial charge is 0.465 e. The molecule has 0 spiro atoms. The van der Waals surface area contributed by atoms with Gasteiger partial charge in [-0.25, -0.2) is 9.79 Å². The van der Waals surface area contributed by atoms with Gasteiger partial charge in [0.25, 0.3) is 0 Å². The lowest BCUT2D eigenvalue weighted by Crippen LogP contribution is -2.44. The Morgan fingerprint density at radius 2 is 1.85 bits per heavy atom. The van der Waals surface area contributed by atoms with E-state index in [0.717, 1.165) is 24.1 Å². The van der Waals surface area contributed by atoms with Crippen molar-refractivity contribution in [3.05, 3.63) is 29.8 Å². The number of hydrogen-bond donors (Lipinski definition) is 1. The summed E-state index contributed by atoms with van der Waals surface area (Å²) in [5.74, 6) is -0.584. The number of aliphatic imine (C=N–C) groups is 1. The lowest BCUT2D eigenvalue weighted by atomic mass is 9.88. The summed E-state index contributed by atoms with van der Waals surface area (Å²) in [7, 11) is 3.93. The first-order valence-corrected chi connectivity index (χ1v) is 9.16. The summed E-state index contributed by atoms with van der Waals surface area (Å²) in [5, 5.41) is 2.82. The zero-order valence-corrected chi connectivity index (χ0v) is 16.3.